The quantitative estimate of drug-likeness (QED) is 0.673. The number of hydrogen-bond donors (Lipinski definition) is 0. The summed E-state index contributed by atoms with van der Waals surface area (Å²) in [5.41, 5.74) is 0. The van der Waals surface area contributed by atoms with Gasteiger partial charge in [-0.05, 0) is 19.3 Å². The fourth-order valence-electron chi connectivity index (χ4n) is 2.12. The summed E-state index contributed by atoms with van der Waals surface area (Å²) in [5, 5.41) is -0.300. The number of amides is 2. The first kappa shape index (κ1) is 12.7. The predicted octanol–water partition coefficient (Wildman–Crippen LogP) is 1.53. The average molecular weight is 277 g/mol. The van der Waals surface area contributed by atoms with E-state index in [1.54, 1.807) is 9.80 Å². The van der Waals surface area contributed by atoms with Gasteiger partial charge in [0.2, 0.25) is 0 Å². The number of halogens is 2. The van der Waals surface area contributed by atoms with Crippen molar-refractivity contribution >= 4 is 35.0 Å². The molecule has 2 aliphatic heterocycles. The van der Waals surface area contributed by atoms with Gasteiger partial charge in [0, 0.05) is 26.2 Å². The number of carbonyl (C=O) groups excluding carboxylic acids is 2. The first-order valence-electron chi connectivity index (χ1n) is 5.75. The van der Waals surface area contributed by atoms with Crippen molar-refractivity contribution in [1.29, 1.82) is 0 Å². The smallest absolute Gasteiger partial charge is 0.267 e. The van der Waals surface area contributed by atoms with E-state index in [9.17, 15) is 9.59 Å². The Balaban J connectivity index is 2.38. The fraction of sp³-hybridized carbons (Fsp3) is 0.636. The Morgan fingerprint density at radius 2 is 1.12 bits per heavy atom. The Morgan fingerprint density at radius 1 is 0.706 bits per heavy atom. The van der Waals surface area contributed by atoms with Crippen LogP contribution in [0.3, 0.4) is 0 Å². The molecule has 4 nitrogen and oxygen atoms in total. The lowest BCUT2D eigenvalue weighted by Gasteiger charge is -2.29. The topological polar surface area (TPSA) is 40.6 Å². The van der Waals surface area contributed by atoms with Crippen LogP contribution in [0.4, 0.5) is 0 Å². The number of carbonyl (C=O) groups is 2. The van der Waals surface area contributed by atoms with Gasteiger partial charge in [-0.15, -0.1) is 0 Å². The summed E-state index contributed by atoms with van der Waals surface area (Å²) in [6.07, 6.45) is 2.88. The van der Waals surface area contributed by atoms with Gasteiger partial charge in [-0.25, -0.2) is 0 Å². The van der Waals surface area contributed by atoms with E-state index in [1.165, 1.54) is 0 Å². The molecule has 1 fully saturated rings. The van der Waals surface area contributed by atoms with Crippen LogP contribution in [0.15, 0.2) is 10.1 Å². The van der Waals surface area contributed by atoms with Gasteiger partial charge in [-0.1, -0.05) is 23.2 Å². The van der Waals surface area contributed by atoms with E-state index in [0.717, 1.165) is 19.3 Å². The summed E-state index contributed by atoms with van der Waals surface area (Å²) < 4.78 is 0. The molecule has 0 aromatic carbocycles. The largest absolute Gasteiger partial charge is 0.336 e. The number of hydrogen-bond acceptors (Lipinski definition) is 2. The molecule has 0 N–H and O–H groups in total. The van der Waals surface area contributed by atoms with Gasteiger partial charge in [0.1, 0.15) is 10.1 Å². The zero-order chi connectivity index (χ0) is 12.4. The van der Waals surface area contributed by atoms with Gasteiger partial charge in [0.15, 0.2) is 0 Å². The Labute approximate surface area is 110 Å². The fourth-order valence-corrected chi connectivity index (χ4v) is 2.52. The van der Waals surface area contributed by atoms with Crippen molar-refractivity contribution < 1.29 is 9.59 Å². The molecule has 2 heterocycles. The van der Waals surface area contributed by atoms with Crippen LogP contribution in [-0.4, -0.2) is 47.8 Å². The molecule has 0 atom stereocenters. The summed E-state index contributed by atoms with van der Waals surface area (Å²) in [5.74, 6) is -0.655. The van der Waals surface area contributed by atoms with Crippen LogP contribution < -0.4 is 0 Å². The highest BCUT2D eigenvalue weighted by molar-refractivity contribution is 6.53. The van der Waals surface area contributed by atoms with Crippen molar-refractivity contribution in [3.8, 4) is 0 Å². The summed E-state index contributed by atoms with van der Waals surface area (Å²) in [7, 11) is 0. The highest BCUT2D eigenvalue weighted by Crippen LogP contribution is 2.23. The zero-order valence-electron chi connectivity index (χ0n) is 9.42. The number of nitrogens with zero attached hydrogens (tertiary/aromatic N) is 2. The molecule has 17 heavy (non-hydrogen) atoms. The molecule has 2 rings (SSSR count). The standard InChI is InChI=1S/C11H14Cl2N2O2/c12-8-9(13)11(17)15-5-3-1-2-4-14(6-7-15)10(8)16/h1-7H2/b9-8-. The molecule has 2 bridgehead atoms. The summed E-state index contributed by atoms with van der Waals surface area (Å²) in [6, 6.07) is 0. The van der Waals surface area contributed by atoms with Gasteiger partial charge < -0.3 is 9.80 Å². The Bertz CT molecular complexity index is 348. The second kappa shape index (κ2) is 5.27. The minimum atomic E-state index is -0.327. The maximum atomic E-state index is 12.0. The molecule has 0 unspecified atom stereocenters. The zero-order valence-corrected chi connectivity index (χ0v) is 10.9. The third kappa shape index (κ3) is 2.58. The first-order chi connectivity index (χ1) is 8.11. The van der Waals surface area contributed by atoms with Crippen molar-refractivity contribution in [2.45, 2.75) is 19.3 Å². The Hall–Kier alpha value is -0.740. The molecule has 0 aliphatic carbocycles. The van der Waals surface area contributed by atoms with Crippen LogP contribution in [0.2, 0.25) is 0 Å². The minimum absolute atomic E-state index is 0.150. The third-order valence-electron chi connectivity index (χ3n) is 3.14. The van der Waals surface area contributed by atoms with Crippen LogP contribution in [-0.2, 0) is 9.59 Å². The highest BCUT2D eigenvalue weighted by atomic mass is 35.5. The maximum Gasteiger partial charge on any atom is 0.267 e. The van der Waals surface area contributed by atoms with Crippen LogP contribution >= 0.6 is 23.2 Å². The van der Waals surface area contributed by atoms with Crippen LogP contribution in [0.1, 0.15) is 19.3 Å². The average Bonchev–Trinajstić information content (AvgIpc) is 2.45. The van der Waals surface area contributed by atoms with E-state index in [-0.39, 0.29) is 21.9 Å². The van der Waals surface area contributed by atoms with Gasteiger partial charge in [-0.2, -0.15) is 0 Å². The van der Waals surface area contributed by atoms with E-state index < -0.39 is 0 Å². The molecule has 0 saturated carbocycles. The Morgan fingerprint density at radius 3 is 1.53 bits per heavy atom. The molecule has 0 radical (unpaired) electrons. The molecule has 1 saturated heterocycles. The Kier molecular flexibility index (Phi) is 3.94. The van der Waals surface area contributed by atoms with Crippen molar-refractivity contribution in [2.75, 3.05) is 26.2 Å². The first-order valence-corrected chi connectivity index (χ1v) is 6.50. The van der Waals surface area contributed by atoms with Crippen LogP contribution in [0, 0.1) is 0 Å². The molecule has 94 valence electrons. The van der Waals surface area contributed by atoms with Gasteiger partial charge in [0.05, 0.1) is 0 Å². The molecule has 2 amide bonds. The monoisotopic (exact) mass is 276 g/mol. The van der Waals surface area contributed by atoms with E-state index >= 15 is 0 Å². The second-order valence-electron chi connectivity index (χ2n) is 4.27. The molecule has 0 spiro atoms. The van der Waals surface area contributed by atoms with E-state index in [2.05, 4.69) is 0 Å². The molecular weight excluding hydrogens is 263 g/mol. The summed E-state index contributed by atoms with van der Waals surface area (Å²) in [4.78, 5) is 27.3. The lowest BCUT2D eigenvalue weighted by Crippen LogP contribution is -2.44. The number of rotatable bonds is 0. The summed E-state index contributed by atoms with van der Waals surface area (Å²) in [6.45, 7) is 2.43. The van der Waals surface area contributed by atoms with Crippen molar-refractivity contribution in [2.24, 2.45) is 0 Å². The lowest BCUT2D eigenvalue weighted by molar-refractivity contribution is -0.132. The van der Waals surface area contributed by atoms with E-state index in [0.29, 0.717) is 26.2 Å². The van der Waals surface area contributed by atoms with Gasteiger partial charge in [-0.3, -0.25) is 9.59 Å². The third-order valence-corrected chi connectivity index (χ3v) is 3.94. The number of fused-ring (bicyclic) bond motifs is 3. The normalized spacial score (nSPS) is 27.4. The molecular formula is C11H14Cl2N2O2. The van der Waals surface area contributed by atoms with E-state index in [1.807, 2.05) is 0 Å². The minimum Gasteiger partial charge on any atom is -0.336 e. The lowest BCUT2D eigenvalue weighted by atomic mass is 10.2. The van der Waals surface area contributed by atoms with Crippen LogP contribution in [0.25, 0.3) is 0 Å². The molecule has 6 heteroatoms. The molecule has 0 aromatic heterocycles. The molecule has 2 aliphatic rings. The van der Waals surface area contributed by atoms with Crippen molar-refractivity contribution in [3.05, 3.63) is 10.1 Å². The highest BCUT2D eigenvalue weighted by Gasteiger charge is 2.30. The molecule has 0 aromatic rings. The summed E-state index contributed by atoms with van der Waals surface area (Å²) >= 11 is 11.7. The predicted molar refractivity (Wildman–Crippen MR) is 65.7 cm³/mol. The van der Waals surface area contributed by atoms with Gasteiger partial charge >= 0.3 is 0 Å². The SMILES string of the molecule is O=C1/C(Cl)=C(/Cl)C(=O)N2CCCCCN1CC2. The van der Waals surface area contributed by atoms with Crippen molar-refractivity contribution in [1.82, 2.24) is 9.80 Å². The van der Waals surface area contributed by atoms with Crippen molar-refractivity contribution in [3.63, 3.8) is 0 Å². The van der Waals surface area contributed by atoms with Gasteiger partial charge in [0.25, 0.3) is 11.8 Å². The maximum absolute atomic E-state index is 12.0. The van der Waals surface area contributed by atoms with Crippen LogP contribution in [0.5, 0.6) is 0 Å². The second-order valence-corrected chi connectivity index (χ2v) is 5.03. The van der Waals surface area contributed by atoms with E-state index in [4.69, 9.17) is 23.2 Å².